The summed E-state index contributed by atoms with van der Waals surface area (Å²) < 4.78 is 0. The lowest BCUT2D eigenvalue weighted by Gasteiger charge is -2.22. The second kappa shape index (κ2) is 7.96. The number of rotatable bonds is 5. The minimum atomic E-state index is -0.108. The van der Waals surface area contributed by atoms with Crippen LogP contribution in [0.3, 0.4) is 0 Å². The van der Waals surface area contributed by atoms with Gasteiger partial charge in [0.1, 0.15) is 5.82 Å². The first-order valence-electron chi connectivity index (χ1n) is 8.09. The molecule has 1 heterocycles. The molecular formula is C16H26N4O. The Morgan fingerprint density at radius 3 is 2.76 bits per heavy atom. The second-order valence-corrected chi connectivity index (χ2v) is 5.93. The van der Waals surface area contributed by atoms with Gasteiger partial charge in [-0.3, -0.25) is 4.79 Å². The van der Waals surface area contributed by atoms with Gasteiger partial charge in [-0.2, -0.15) is 0 Å². The summed E-state index contributed by atoms with van der Waals surface area (Å²) in [6.07, 6.45) is 7.02. The molecule has 116 valence electrons. The molecule has 0 saturated heterocycles. The smallest absolute Gasteiger partial charge is 0.272 e. The van der Waals surface area contributed by atoms with Crippen molar-refractivity contribution in [1.29, 1.82) is 0 Å². The van der Waals surface area contributed by atoms with E-state index in [9.17, 15) is 4.79 Å². The maximum absolute atomic E-state index is 12.3. The summed E-state index contributed by atoms with van der Waals surface area (Å²) in [5.41, 5.74) is 0.397. The first-order chi connectivity index (χ1) is 10.2. The lowest BCUT2D eigenvalue weighted by molar-refractivity contribution is 0.0915. The number of hydrogen-bond acceptors (Lipinski definition) is 4. The van der Waals surface area contributed by atoms with Crippen LogP contribution in [0.2, 0.25) is 0 Å². The lowest BCUT2D eigenvalue weighted by Crippen LogP contribution is -2.39. The van der Waals surface area contributed by atoms with Crippen LogP contribution in [0.25, 0.3) is 0 Å². The van der Waals surface area contributed by atoms with Crippen molar-refractivity contribution < 1.29 is 4.79 Å². The van der Waals surface area contributed by atoms with E-state index in [1.807, 2.05) is 6.07 Å². The van der Waals surface area contributed by atoms with Gasteiger partial charge in [-0.15, -0.1) is 10.2 Å². The monoisotopic (exact) mass is 290 g/mol. The van der Waals surface area contributed by atoms with Gasteiger partial charge in [-0.05, 0) is 37.3 Å². The van der Waals surface area contributed by atoms with Gasteiger partial charge >= 0.3 is 0 Å². The molecule has 1 amide bonds. The highest BCUT2D eigenvalue weighted by Gasteiger charge is 2.22. The standard InChI is InChI=1S/C16H26N4O/c1-3-11-17-15-10-9-14(19-20-15)16(21)18-13-8-6-4-5-7-12(13)2/h9-10,12-13H,3-8,11H2,1-2H3,(H,17,20)(H,18,21). The molecule has 0 radical (unpaired) electrons. The fourth-order valence-electron chi connectivity index (χ4n) is 2.75. The minimum absolute atomic E-state index is 0.108. The average molecular weight is 290 g/mol. The van der Waals surface area contributed by atoms with E-state index in [1.54, 1.807) is 6.07 Å². The molecule has 2 atom stereocenters. The van der Waals surface area contributed by atoms with Crippen LogP contribution < -0.4 is 10.6 Å². The summed E-state index contributed by atoms with van der Waals surface area (Å²) in [5.74, 6) is 1.15. The summed E-state index contributed by atoms with van der Waals surface area (Å²) >= 11 is 0. The molecule has 1 aliphatic rings. The third-order valence-electron chi connectivity index (χ3n) is 4.13. The van der Waals surface area contributed by atoms with Crippen molar-refractivity contribution in [3.05, 3.63) is 17.8 Å². The zero-order chi connectivity index (χ0) is 15.1. The number of anilines is 1. The van der Waals surface area contributed by atoms with Gasteiger partial charge in [0.2, 0.25) is 0 Å². The number of aromatic nitrogens is 2. The molecule has 2 N–H and O–H groups in total. The highest BCUT2D eigenvalue weighted by atomic mass is 16.2. The van der Waals surface area contributed by atoms with E-state index in [0.717, 1.165) is 25.2 Å². The Hall–Kier alpha value is -1.65. The van der Waals surface area contributed by atoms with Crippen LogP contribution in [0.5, 0.6) is 0 Å². The van der Waals surface area contributed by atoms with Gasteiger partial charge in [0.15, 0.2) is 5.69 Å². The number of nitrogens with one attached hydrogen (secondary N) is 2. The maximum Gasteiger partial charge on any atom is 0.272 e. The summed E-state index contributed by atoms with van der Waals surface area (Å²) in [6, 6.07) is 3.81. The van der Waals surface area contributed by atoms with E-state index in [1.165, 1.54) is 25.7 Å². The van der Waals surface area contributed by atoms with Gasteiger partial charge in [0.25, 0.3) is 5.91 Å². The normalized spacial score (nSPS) is 22.4. The second-order valence-electron chi connectivity index (χ2n) is 5.93. The summed E-state index contributed by atoms with van der Waals surface area (Å²) in [5, 5.41) is 14.3. The Kier molecular flexibility index (Phi) is 5.96. The zero-order valence-electron chi connectivity index (χ0n) is 13.1. The Labute approximate surface area is 126 Å². The van der Waals surface area contributed by atoms with E-state index >= 15 is 0 Å². The summed E-state index contributed by atoms with van der Waals surface area (Å²) in [7, 11) is 0. The SMILES string of the molecule is CCCNc1ccc(C(=O)NC2CCCCCC2C)nn1. The van der Waals surface area contributed by atoms with Crippen LogP contribution in [0.4, 0.5) is 5.82 Å². The minimum Gasteiger partial charge on any atom is -0.369 e. The van der Waals surface area contributed by atoms with E-state index in [-0.39, 0.29) is 11.9 Å². The molecule has 1 aromatic rings. The average Bonchev–Trinajstić information content (AvgIpc) is 2.70. The molecule has 5 nitrogen and oxygen atoms in total. The van der Waals surface area contributed by atoms with Gasteiger partial charge in [-0.1, -0.05) is 33.1 Å². The third kappa shape index (κ3) is 4.69. The summed E-state index contributed by atoms with van der Waals surface area (Å²) in [4.78, 5) is 12.3. The van der Waals surface area contributed by atoms with Crippen LogP contribution in [-0.2, 0) is 0 Å². The van der Waals surface area contributed by atoms with E-state index in [4.69, 9.17) is 0 Å². The van der Waals surface area contributed by atoms with Crippen molar-refractivity contribution in [2.45, 2.75) is 58.4 Å². The van der Waals surface area contributed by atoms with Gasteiger partial charge in [0, 0.05) is 12.6 Å². The van der Waals surface area contributed by atoms with Crippen LogP contribution in [0.1, 0.15) is 62.9 Å². The number of nitrogens with zero attached hydrogens (tertiary/aromatic N) is 2. The largest absolute Gasteiger partial charge is 0.369 e. The predicted molar refractivity (Wildman–Crippen MR) is 84.3 cm³/mol. The number of carbonyl (C=O) groups excluding carboxylic acids is 1. The molecule has 0 aliphatic heterocycles. The van der Waals surface area contributed by atoms with Crippen LogP contribution in [-0.4, -0.2) is 28.7 Å². The molecule has 1 saturated carbocycles. The fraction of sp³-hybridized carbons (Fsp3) is 0.688. The maximum atomic E-state index is 12.3. The van der Waals surface area contributed by atoms with Crippen molar-refractivity contribution in [3.8, 4) is 0 Å². The molecule has 5 heteroatoms. The fourth-order valence-corrected chi connectivity index (χ4v) is 2.75. The Morgan fingerprint density at radius 2 is 2.05 bits per heavy atom. The Bertz CT molecular complexity index is 446. The molecular weight excluding hydrogens is 264 g/mol. The van der Waals surface area contributed by atoms with E-state index in [0.29, 0.717) is 11.6 Å². The van der Waals surface area contributed by atoms with Crippen molar-refractivity contribution in [1.82, 2.24) is 15.5 Å². The predicted octanol–water partition coefficient (Wildman–Crippen LogP) is 3.00. The van der Waals surface area contributed by atoms with Crippen LogP contribution in [0, 0.1) is 5.92 Å². The number of hydrogen-bond donors (Lipinski definition) is 2. The lowest BCUT2D eigenvalue weighted by atomic mass is 9.97. The molecule has 21 heavy (non-hydrogen) atoms. The Balaban J connectivity index is 1.92. The van der Waals surface area contributed by atoms with Crippen molar-refractivity contribution in [3.63, 3.8) is 0 Å². The van der Waals surface area contributed by atoms with Crippen molar-refractivity contribution in [2.75, 3.05) is 11.9 Å². The summed E-state index contributed by atoms with van der Waals surface area (Å²) in [6.45, 7) is 5.18. The van der Waals surface area contributed by atoms with E-state index < -0.39 is 0 Å². The molecule has 2 rings (SSSR count). The van der Waals surface area contributed by atoms with Crippen molar-refractivity contribution in [2.24, 2.45) is 5.92 Å². The van der Waals surface area contributed by atoms with Crippen LogP contribution >= 0.6 is 0 Å². The highest BCUT2D eigenvalue weighted by molar-refractivity contribution is 5.92. The number of carbonyl (C=O) groups is 1. The molecule has 1 fully saturated rings. The highest BCUT2D eigenvalue weighted by Crippen LogP contribution is 2.23. The molecule has 0 bridgehead atoms. The molecule has 1 aliphatic carbocycles. The van der Waals surface area contributed by atoms with Crippen molar-refractivity contribution >= 4 is 11.7 Å². The van der Waals surface area contributed by atoms with Gasteiger partial charge < -0.3 is 10.6 Å². The number of amides is 1. The molecule has 2 unspecified atom stereocenters. The first kappa shape index (κ1) is 15.7. The third-order valence-corrected chi connectivity index (χ3v) is 4.13. The molecule has 1 aromatic heterocycles. The topological polar surface area (TPSA) is 66.9 Å². The molecule has 0 spiro atoms. The van der Waals surface area contributed by atoms with E-state index in [2.05, 4.69) is 34.7 Å². The first-order valence-corrected chi connectivity index (χ1v) is 8.09. The van der Waals surface area contributed by atoms with Crippen LogP contribution in [0.15, 0.2) is 12.1 Å². The van der Waals surface area contributed by atoms with Gasteiger partial charge in [0.05, 0.1) is 0 Å². The molecule has 0 aromatic carbocycles. The Morgan fingerprint density at radius 1 is 1.24 bits per heavy atom. The van der Waals surface area contributed by atoms with Gasteiger partial charge in [-0.25, -0.2) is 0 Å². The quantitative estimate of drug-likeness (QED) is 0.818. The zero-order valence-corrected chi connectivity index (χ0v) is 13.1.